The molecule has 0 saturated carbocycles. The van der Waals surface area contributed by atoms with Crippen LogP contribution in [0.15, 0.2) is 59.5 Å². The lowest BCUT2D eigenvalue weighted by Gasteiger charge is -2.11. The number of thiocarbonyl (C=S) groups is 1. The van der Waals surface area contributed by atoms with E-state index in [1.54, 1.807) is 49.6 Å². The van der Waals surface area contributed by atoms with Crippen molar-refractivity contribution in [1.29, 1.82) is 0 Å². The number of hydrogen-bond acceptors (Lipinski definition) is 5. The summed E-state index contributed by atoms with van der Waals surface area (Å²) in [4.78, 5) is 12.0. The lowest BCUT2D eigenvalue weighted by atomic mass is 10.2. The second kappa shape index (κ2) is 10.0. The summed E-state index contributed by atoms with van der Waals surface area (Å²) in [6.07, 6.45) is 0.816. The minimum Gasteiger partial charge on any atom is -0.385 e. The van der Waals surface area contributed by atoms with Crippen LogP contribution in [0.3, 0.4) is 0 Å². The molecule has 0 radical (unpaired) electrons. The Morgan fingerprint density at radius 2 is 1.74 bits per heavy atom. The van der Waals surface area contributed by atoms with Gasteiger partial charge in [0.15, 0.2) is 5.11 Å². The van der Waals surface area contributed by atoms with Crippen LogP contribution in [0.25, 0.3) is 0 Å². The second-order valence-corrected chi connectivity index (χ2v) is 7.64. The van der Waals surface area contributed by atoms with Gasteiger partial charge in [-0.15, -0.1) is 0 Å². The molecule has 0 aromatic heterocycles. The number of carbonyl (C=O) groups is 1. The number of amides is 1. The molecule has 0 aliphatic heterocycles. The summed E-state index contributed by atoms with van der Waals surface area (Å²) in [5, 5.41) is 6.41. The summed E-state index contributed by atoms with van der Waals surface area (Å²) >= 11 is 5.16. The standard InChI is InChI=1S/C18H21N3O4S2/c1-25-13-5-12-19-18(26)20-15-8-10-16(11-9-15)27(23,24)21-17(22)14-6-3-2-4-7-14/h2-4,6-11H,5,12-13H2,1H3,(H,21,22)(H2,19,20,26). The van der Waals surface area contributed by atoms with Gasteiger partial charge in [0.25, 0.3) is 15.9 Å². The minimum absolute atomic E-state index is 0.0173. The zero-order chi connectivity index (χ0) is 19.7. The van der Waals surface area contributed by atoms with E-state index in [2.05, 4.69) is 15.4 Å². The highest BCUT2D eigenvalue weighted by atomic mass is 32.2. The van der Waals surface area contributed by atoms with Gasteiger partial charge in [-0.05, 0) is 55.0 Å². The maximum atomic E-state index is 12.3. The molecular formula is C18H21N3O4S2. The predicted molar refractivity (Wildman–Crippen MR) is 108 cm³/mol. The van der Waals surface area contributed by atoms with E-state index in [4.69, 9.17) is 17.0 Å². The summed E-state index contributed by atoms with van der Waals surface area (Å²) in [6, 6.07) is 14.1. The highest BCUT2D eigenvalue weighted by Gasteiger charge is 2.18. The first kappa shape index (κ1) is 20.8. The Balaban J connectivity index is 1.95. The van der Waals surface area contributed by atoms with Crippen molar-refractivity contribution in [3.05, 3.63) is 60.2 Å². The number of carbonyl (C=O) groups excluding carboxylic acids is 1. The Hall–Kier alpha value is -2.49. The molecule has 0 heterocycles. The van der Waals surface area contributed by atoms with E-state index in [0.717, 1.165) is 6.42 Å². The summed E-state index contributed by atoms with van der Waals surface area (Å²) in [5.74, 6) is -0.681. The van der Waals surface area contributed by atoms with E-state index in [1.165, 1.54) is 12.1 Å². The van der Waals surface area contributed by atoms with Gasteiger partial charge in [0.05, 0.1) is 4.90 Å². The molecular weight excluding hydrogens is 386 g/mol. The number of sulfonamides is 1. The van der Waals surface area contributed by atoms with Gasteiger partial charge in [-0.25, -0.2) is 13.1 Å². The highest BCUT2D eigenvalue weighted by Crippen LogP contribution is 2.14. The molecule has 3 N–H and O–H groups in total. The van der Waals surface area contributed by atoms with Crippen molar-refractivity contribution >= 4 is 38.9 Å². The third kappa shape index (κ3) is 6.63. The second-order valence-electron chi connectivity index (χ2n) is 5.55. The van der Waals surface area contributed by atoms with E-state index in [9.17, 15) is 13.2 Å². The maximum absolute atomic E-state index is 12.3. The number of anilines is 1. The predicted octanol–water partition coefficient (Wildman–Crippen LogP) is 2.13. The first-order chi connectivity index (χ1) is 12.9. The normalized spacial score (nSPS) is 10.9. The fourth-order valence-corrected chi connectivity index (χ4v) is 3.33. The molecule has 0 atom stereocenters. The molecule has 0 unspecified atom stereocenters. The highest BCUT2D eigenvalue weighted by molar-refractivity contribution is 7.90. The summed E-state index contributed by atoms with van der Waals surface area (Å²) in [7, 11) is -2.33. The molecule has 27 heavy (non-hydrogen) atoms. The van der Waals surface area contributed by atoms with E-state index >= 15 is 0 Å². The smallest absolute Gasteiger partial charge is 0.264 e. The number of hydrogen-bond donors (Lipinski definition) is 3. The fourth-order valence-electron chi connectivity index (χ4n) is 2.14. The number of methoxy groups -OCH3 is 1. The summed E-state index contributed by atoms with van der Waals surface area (Å²) in [5.41, 5.74) is 0.900. The molecule has 1 amide bonds. The Bertz CT molecular complexity index is 869. The number of benzene rings is 2. The molecule has 2 rings (SSSR count). The Labute approximate surface area is 164 Å². The lowest BCUT2D eigenvalue weighted by Crippen LogP contribution is -2.31. The number of ether oxygens (including phenoxy) is 1. The SMILES string of the molecule is COCCCNC(=S)Nc1ccc(S(=O)(=O)NC(=O)c2ccccc2)cc1. The fraction of sp³-hybridized carbons (Fsp3) is 0.222. The van der Waals surface area contributed by atoms with Gasteiger partial charge in [0.1, 0.15) is 0 Å². The molecule has 2 aromatic carbocycles. The van der Waals surface area contributed by atoms with Gasteiger partial charge >= 0.3 is 0 Å². The van der Waals surface area contributed by atoms with Crippen molar-refractivity contribution < 1.29 is 17.9 Å². The van der Waals surface area contributed by atoms with Gasteiger partial charge in [-0.1, -0.05) is 18.2 Å². The number of rotatable bonds is 8. The van der Waals surface area contributed by atoms with Gasteiger partial charge in [-0.2, -0.15) is 0 Å². The van der Waals surface area contributed by atoms with Crippen LogP contribution in [0.4, 0.5) is 5.69 Å². The largest absolute Gasteiger partial charge is 0.385 e. The molecule has 7 nitrogen and oxygen atoms in total. The van der Waals surface area contributed by atoms with Gasteiger partial charge in [-0.3, -0.25) is 4.79 Å². The quantitative estimate of drug-likeness (QED) is 0.456. The third-order valence-electron chi connectivity index (χ3n) is 3.50. The Morgan fingerprint density at radius 3 is 2.37 bits per heavy atom. The van der Waals surface area contributed by atoms with Crippen LogP contribution in [0.2, 0.25) is 0 Å². The summed E-state index contributed by atoms with van der Waals surface area (Å²) in [6.45, 7) is 1.30. The lowest BCUT2D eigenvalue weighted by molar-refractivity contribution is 0.0981. The molecule has 144 valence electrons. The average molecular weight is 408 g/mol. The van der Waals surface area contributed by atoms with E-state index in [-0.39, 0.29) is 10.5 Å². The van der Waals surface area contributed by atoms with Crippen LogP contribution in [0, 0.1) is 0 Å². The van der Waals surface area contributed by atoms with Crippen molar-refractivity contribution in [2.24, 2.45) is 0 Å². The summed E-state index contributed by atoms with van der Waals surface area (Å²) < 4.78 is 31.7. The molecule has 0 bridgehead atoms. The van der Waals surface area contributed by atoms with E-state index in [1.807, 2.05) is 0 Å². The Kier molecular flexibility index (Phi) is 7.71. The number of nitrogens with one attached hydrogen (secondary N) is 3. The average Bonchev–Trinajstić information content (AvgIpc) is 2.66. The van der Waals surface area contributed by atoms with Crippen molar-refractivity contribution in [3.63, 3.8) is 0 Å². The molecule has 2 aromatic rings. The first-order valence-electron chi connectivity index (χ1n) is 8.18. The van der Waals surface area contributed by atoms with Crippen LogP contribution in [0.1, 0.15) is 16.8 Å². The topological polar surface area (TPSA) is 96.5 Å². The van der Waals surface area contributed by atoms with Crippen molar-refractivity contribution in [2.75, 3.05) is 25.6 Å². The monoisotopic (exact) mass is 407 g/mol. The maximum Gasteiger partial charge on any atom is 0.264 e. The van der Waals surface area contributed by atoms with Crippen molar-refractivity contribution in [2.45, 2.75) is 11.3 Å². The molecule has 0 aliphatic rings. The molecule has 0 spiro atoms. The van der Waals surface area contributed by atoms with E-state index in [0.29, 0.717) is 24.0 Å². The van der Waals surface area contributed by atoms with Gasteiger partial charge in [0.2, 0.25) is 0 Å². The van der Waals surface area contributed by atoms with Crippen molar-refractivity contribution in [1.82, 2.24) is 10.0 Å². The van der Waals surface area contributed by atoms with Crippen molar-refractivity contribution in [3.8, 4) is 0 Å². The third-order valence-corrected chi connectivity index (χ3v) is 5.09. The minimum atomic E-state index is -3.96. The first-order valence-corrected chi connectivity index (χ1v) is 10.1. The molecule has 0 aliphatic carbocycles. The Morgan fingerprint density at radius 1 is 1.07 bits per heavy atom. The molecule has 0 fully saturated rings. The molecule has 9 heteroatoms. The van der Waals surface area contributed by atoms with Gasteiger partial charge in [0, 0.05) is 31.5 Å². The zero-order valence-electron chi connectivity index (χ0n) is 14.8. The van der Waals surface area contributed by atoms with E-state index < -0.39 is 15.9 Å². The van der Waals surface area contributed by atoms with Crippen LogP contribution in [-0.2, 0) is 14.8 Å². The van der Waals surface area contributed by atoms with Crippen LogP contribution in [0.5, 0.6) is 0 Å². The van der Waals surface area contributed by atoms with Crippen LogP contribution >= 0.6 is 12.2 Å². The van der Waals surface area contributed by atoms with Crippen LogP contribution in [-0.4, -0.2) is 39.7 Å². The zero-order valence-corrected chi connectivity index (χ0v) is 16.4. The van der Waals surface area contributed by atoms with Crippen LogP contribution < -0.4 is 15.4 Å². The molecule has 0 saturated heterocycles. The van der Waals surface area contributed by atoms with Gasteiger partial charge < -0.3 is 15.4 Å².